The second-order valence-electron chi connectivity index (χ2n) is 4.58. The number of aliphatic carboxylic acids is 1. The van der Waals surface area contributed by atoms with Crippen LogP contribution in [0.15, 0.2) is 22.7 Å². The summed E-state index contributed by atoms with van der Waals surface area (Å²) in [5.74, 6) is -0.789. The summed E-state index contributed by atoms with van der Waals surface area (Å²) in [6.07, 6.45) is 3.02. The molecule has 0 saturated carbocycles. The van der Waals surface area contributed by atoms with Gasteiger partial charge in [0.1, 0.15) is 0 Å². The largest absolute Gasteiger partial charge is 0.481 e. The van der Waals surface area contributed by atoms with Crippen LogP contribution in [0.1, 0.15) is 45.1 Å². The van der Waals surface area contributed by atoms with Crippen molar-refractivity contribution in [3.05, 3.63) is 28.2 Å². The first-order valence-electron chi connectivity index (χ1n) is 6.26. The molecule has 4 heteroatoms. The van der Waals surface area contributed by atoms with E-state index < -0.39 is 11.4 Å². The van der Waals surface area contributed by atoms with Crippen molar-refractivity contribution in [2.45, 2.75) is 44.9 Å². The molecule has 1 rings (SSSR count). The van der Waals surface area contributed by atoms with Gasteiger partial charge in [-0.1, -0.05) is 42.6 Å². The quantitative estimate of drug-likeness (QED) is 0.781. The zero-order chi connectivity index (χ0) is 13.8. The third-order valence-electron chi connectivity index (χ3n) is 3.50. The highest BCUT2D eigenvalue weighted by atomic mass is 79.9. The van der Waals surface area contributed by atoms with Gasteiger partial charge in [-0.05, 0) is 36.6 Å². The van der Waals surface area contributed by atoms with Crippen LogP contribution in [0, 0.1) is 0 Å². The number of carbonyl (C=O) groups is 1. The van der Waals surface area contributed by atoms with Crippen molar-refractivity contribution >= 4 is 27.6 Å². The molecule has 3 N–H and O–H groups in total. The number of anilines is 1. The standard InChI is InChI=1S/C14H20BrNO2/c1-3-5-8-14(4-2,13(17)18)11-9-10(15)6-7-12(11)16/h6-7,9H,3-5,8,16H2,1-2H3,(H,17,18). The molecule has 0 bridgehead atoms. The van der Waals surface area contributed by atoms with Crippen LogP contribution in [0.25, 0.3) is 0 Å². The summed E-state index contributed by atoms with van der Waals surface area (Å²) in [5.41, 5.74) is 6.38. The van der Waals surface area contributed by atoms with E-state index in [1.165, 1.54) is 0 Å². The summed E-state index contributed by atoms with van der Waals surface area (Å²) in [5, 5.41) is 9.65. The minimum absolute atomic E-state index is 0.545. The Labute approximate surface area is 117 Å². The van der Waals surface area contributed by atoms with Crippen molar-refractivity contribution in [2.24, 2.45) is 0 Å². The lowest BCUT2D eigenvalue weighted by Gasteiger charge is -2.30. The smallest absolute Gasteiger partial charge is 0.314 e. The van der Waals surface area contributed by atoms with E-state index in [4.69, 9.17) is 5.73 Å². The van der Waals surface area contributed by atoms with E-state index in [-0.39, 0.29) is 0 Å². The van der Waals surface area contributed by atoms with Crippen molar-refractivity contribution in [3.8, 4) is 0 Å². The van der Waals surface area contributed by atoms with Gasteiger partial charge >= 0.3 is 5.97 Å². The molecule has 3 nitrogen and oxygen atoms in total. The topological polar surface area (TPSA) is 63.3 Å². The maximum atomic E-state index is 11.8. The molecule has 0 aliphatic carbocycles. The van der Waals surface area contributed by atoms with E-state index in [0.717, 1.165) is 22.9 Å². The molecular formula is C14H20BrNO2. The van der Waals surface area contributed by atoms with Crippen molar-refractivity contribution in [3.63, 3.8) is 0 Å². The number of unbranched alkanes of at least 4 members (excludes halogenated alkanes) is 1. The van der Waals surface area contributed by atoms with E-state index in [2.05, 4.69) is 22.9 Å². The molecule has 18 heavy (non-hydrogen) atoms. The molecular weight excluding hydrogens is 294 g/mol. The lowest BCUT2D eigenvalue weighted by Crippen LogP contribution is -2.36. The third-order valence-corrected chi connectivity index (χ3v) is 3.99. The first-order valence-corrected chi connectivity index (χ1v) is 7.06. The maximum Gasteiger partial charge on any atom is 0.314 e. The van der Waals surface area contributed by atoms with Gasteiger partial charge in [-0.15, -0.1) is 0 Å². The second-order valence-corrected chi connectivity index (χ2v) is 5.49. The van der Waals surface area contributed by atoms with Gasteiger partial charge in [0, 0.05) is 10.2 Å². The van der Waals surface area contributed by atoms with Crippen LogP contribution in [0.3, 0.4) is 0 Å². The summed E-state index contributed by atoms with van der Waals surface area (Å²) >= 11 is 3.39. The van der Waals surface area contributed by atoms with E-state index in [9.17, 15) is 9.90 Å². The van der Waals surface area contributed by atoms with Crippen LogP contribution in [0.4, 0.5) is 5.69 Å². The van der Waals surface area contributed by atoms with Gasteiger partial charge in [-0.3, -0.25) is 4.79 Å². The van der Waals surface area contributed by atoms with Gasteiger partial charge in [0.25, 0.3) is 0 Å². The molecule has 0 fully saturated rings. The van der Waals surface area contributed by atoms with Crippen LogP contribution >= 0.6 is 15.9 Å². The minimum atomic E-state index is -0.871. The van der Waals surface area contributed by atoms with Crippen LogP contribution < -0.4 is 5.73 Å². The van der Waals surface area contributed by atoms with Crippen molar-refractivity contribution in [2.75, 3.05) is 5.73 Å². The highest BCUT2D eigenvalue weighted by molar-refractivity contribution is 9.10. The Bertz CT molecular complexity index is 434. The van der Waals surface area contributed by atoms with Gasteiger partial charge in [0.15, 0.2) is 0 Å². The Balaban J connectivity index is 3.32. The van der Waals surface area contributed by atoms with Crippen molar-refractivity contribution in [1.29, 1.82) is 0 Å². The fourth-order valence-electron chi connectivity index (χ4n) is 2.30. The summed E-state index contributed by atoms with van der Waals surface area (Å²) in [6, 6.07) is 5.43. The normalized spacial score (nSPS) is 14.2. The van der Waals surface area contributed by atoms with Crippen molar-refractivity contribution in [1.82, 2.24) is 0 Å². The minimum Gasteiger partial charge on any atom is -0.481 e. The SMILES string of the molecule is CCCCC(CC)(C(=O)O)c1cc(Br)ccc1N. The Hall–Kier alpha value is -1.03. The van der Waals surface area contributed by atoms with Gasteiger partial charge in [-0.2, -0.15) is 0 Å². The number of hydrogen-bond acceptors (Lipinski definition) is 2. The highest BCUT2D eigenvalue weighted by Crippen LogP contribution is 2.38. The summed E-state index contributed by atoms with van der Waals surface area (Å²) in [7, 11) is 0. The number of halogens is 1. The zero-order valence-electron chi connectivity index (χ0n) is 10.9. The number of nitrogens with two attached hydrogens (primary N) is 1. The second kappa shape index (κ2) is 6.23. The summed E-state index contributed by atoms with van der Waals surface area (Å²) in [4.78, 5) is 11.8. The molecule has 0 aliphatic rings. The number of carboxylic acid groups (broad SMARTS) is 1. The zero-order valence-corrected chi connectivity index (χ0v) is 12.5. The van der Waals surface area contributed by atoms with Crippen LogP contribution in [0.5, 0.6) is 0 Å². The summed E-state index contributed by atoms with van der Waals surface area (Å²) in [6.45, 7) is 3.97. The Morgan fingerprint density at radius 3 is 2.61 bits per heavy atom. The maximum absolute atomic E-state index is 11.8. The first-order chi connectivity index (χ1) is 8.47. The van der Waals surface area contributed by atoms with Crippen LogP contribution in [0.2, 0.25) is 0 Å². The molecule has 0 spiro atoms. The molecule has 1 atom stereocenters. The third kappa shape index (κ3) is 2.86. The van der Waals surface area contributed by atoms with Gasteiger partial charge in [0.2, 0.25) is 0 Å². The van der Waals surface area contributed by atoms with Crippen LogP contribution in [-0.2, 0) is 10.2 Å². The molecule has 1 unspecified atom stereocenters. The molecule has 1 aromatic carbocycles. The van der Waals surface area contributed by atoms with Gasteiger partial charge < -0.3 is 10.8 Å². The fourth-order valence-corrected chi connectivity index (χ4v) is 2.66. The Morgan fingerprint density at radius 1 is 1.44 bits per heavy atom. The van der Waals surface area contributed by atoms with E-state index >= 15 is 0 Å². The molecule has 100 valence electrons. The molecule has 0 amide bonds. The van der Waals surface area contributed by atoms with Gasteiger partial charge in [0.05, 0.1) is 5.41 Å². The van der Waals surface area contributed by atoms with E-state index in [1.54, 1.807) is 6.07 Å². The Kier molecular flexibility index (Phi) is 5.20. The Morgan fingerprint density at radius 2 is 2.11 bits per heavy atom. The number of carboxylic acids is 1. The average Bonchev–Trinajstić information content (AvgIpc) is 2.34. The predicted molar refractivity (Wildman–Crippen MR) is 77.7 cm³/mol. The number of hydrogen-bond donors (Lipinski definition) is 2. The number of benzene rings is 1. The van der Waals surface area contributed by atoms with Crippen LogP contribution in [-0.4, -0.2) is 11.1 Å². The van der Waals surface area contributed by atoms with E-state index in [1.807, 2.05) is 19.1 Å². The molecule has 0 saturated heterocycles. The summed E-state index contributed by atoms with van der Waals surface area (Å²) < 4.78 is 0.863. The molecule has 0 radical (unpaired) electrons. The number of rotatable bonds is 6. The monoisotopic (exact) mass is 313 g/mol. The van der Waals surface area contributed by atoms with Crippen molar-refractivity contribution < 1.29 is 9.90 Å². The van der Waals surface area contributed by atoms with Gasteiger partial charge in [-0.25, -0.2) is 0 Å². The fraction of sp³-hybridized carbons (Fsp3) is 0.500. The molecule has 0 aromatic heterocycles. The number of nitrogen functional groups attached to an aromatic ring is 1. The lowest BCUT2D eigenvalue weighted by molar-refractivity contribution is -0.144. The lowest BCUT2D eigenvalue weighted by atomic mass is 9.73. The predicted octanol–water partition coefficient (Wildman–Crippen LogP) is 3.95. The highest BCUT2D eigenvalue weighted by Gasteiger charge is 2.39. The molecule has 0 aliphatic heterocycles. The van der Waals surface area contributed by atoms with E-state index in [0.29, 0.717) is 18.5 Å². The average molecular weight is 314 g/mol. The first kappa shape index (κ1) is 15.0. The molecule has 1 aromatic rings. The molecule has 0 heterocycles.